The van der Waals surface area contributed by atoms with Crippen LogP contribution in [0.3, 0.4) is 0 Å². The third-order valence-corrected chi connectivity index (χ3v) is 7.59. The molecule has 7 nitrogen and oxygen atoms in total. The summed E-state index contributed by atoms with van der Waals surface area (Å²) in [6, 6.07) is 0. The number of piperidine rings is 1. The second-order valence-electron chi connectivity index (χ2n) is 8.88. The summed E-state index contributed by atoms with van der Waals surface area (Å²) in [6.07, 6.45) is 5.27. The Morgan fingerprint density at radius 1 is 1.23 bits per heavy atom. The Balaban J connectivity index is 1.39. The fraction of sp³-hybridized carbons (Fsp3) is 0.682. The van der Waals surface area contributed by atoms with Gasteiger partial charge in [0.2, 0.25) is 0 Å². The number of fused-ring (bicyclic) bond motifs is 1. The molecule has 8 heteroatoms. The molecule has 2 aromatic rings. The summed E-state index contributed by atoms with van der Waals surface area (Å²) in [5, 5.41) is 4.17. The number of likely N-dealkylation sites (N-methyl/N-ethyl adjacent to an activating group) is 1. The van der Waals surface area contributed by atoms with E-state index < -0.39 is 0 Å². The fourth-order valence-corrected chi connectivity index (χ4v) is 5.66. The highest BCUT2D eigenvalue weighted by atomic mass is 32.1. The van der Waals surface area contributed by atoms with Crippen molar-refractivity contribution >= 4 is 33.3 Å². The molecule has 2 aromatic heterocycles. The highest BCUT2D eigenvalue weighted by Gasteiger charge is 2.23. The van der Waals surface area contributed by atoms with Gasteiger partial charge in [-0.25, -0.2) is 9.97 Å². The smallest absolute Gasteiger partial charge is 0.261 e. The molecule has 2 aliphatic heterocycles. The quantitative estimate of drug-likeness (QED) is 0.711. The largest absolute Gasteiger partial charge is 0.353 e. The number of hydrogen-bond acceptors (Lipinski definition) is 7. The number of aromatic nitrogens is 2. The normalized spacial score (nSPS) is 21.3. The molecular formula is C22H34N6OS. The first-order valence-corrected chi connectivity index (χ1v) is 12.0. The van der Waals surface area contributed by atoms with Gasteiger partial charge in [-0.15, -0.1) is 11.3 Å². The predicted octanol–water partition coefficient (Wildman–Crippen LogP) is 2.60. The molecule has 2 aliphatic rings. The van der Waals surface area contributed by atoms with Crippen LogP contribution in [0.1, 0.15) is 41.4 Å². The number of nitrogens with one attached hydrogen (secondary N) is 1. The summed E-state index contributed by atoms with van der Waals surface area (Å²) >= 11 is 1.49. The number of hydrogen-bond donors (Lipinski definition) is 1. The molecule has 0 aromatic carbocycles. The predicted molar refractivity (Wildman–Crippen MR) is 124 cm³/mol. The average Bonchev–Trinajstić information content (AvgIpc) is 3.09. The number of piperazine rings is 1. The van der Waals surface area contributed by atoms with Gasteiger partial charge in [0.05, 0.1) is 10.3 Å². The van der Waals surface area contributed by atoms with E-state index in [-0.39, 0.29) is 5.91 Å². The second kappa shape index (κ2) is 9.58. The van der Waals surface area contributed by atoms with Crippen LogP contribution < -0.4 is 10.2 Å². The Bertz CT molecular complexity index is 876. The number of rotatable bonds is 6. The Kier molecular flexibility index (Phi) is 6.85. The lowest BCUT2D eigenvalue weighted by Gasteiger charge is -2.33. The number of nitrogens with zero attached hydrogens (tertiary/aromatic N) is 5. The molecule has 30 heavy (non-hydrogen) atoms. The van der Waals surface area contributed by atoms with Crippen molar-refractivity contribution in [1.29, 1.82) is 0 Å². The van der Waals surface area contributed by atoms with Crippen LogP contribution in [-0.4, -0.2) is 85.1 Å². The lowest BCUT2D eigenvalue weighted by Crippen LogP contribution is -2.44. The van der Waals surface area contributed by atoms with Crippen LogP contribution in [0.2, 0.25) is 0 Å². The van der Waals surface area contributed by atoms with E-state index in [1.165, 1.54) is 37.3 Å². The monoisotopic (exact) mass is 430 g/mol. The first-order chi connectivity index (χ1) is 14.5. The Labute approximate surface area is 183 Å². The minimum absolute atomic E-state index is 0.0202. The Morgan fingerprint density at radius 3 is 2.80 bits per heavy atom. The van der Waals surface area contributed by atoms with E-state index in [4.69, 9.17) is 0 Å². The molecule has 1 N–H and O–H groups in total. The first-order valence-electron chi connectivity index (χ1n) is 11.2. The van der Waals surface area contributed by atoms with E-state index >= 15 is 0 Å². The summed E-state index contributed by atoms with van der Waals surface area (Å²) in [4.78, 5) is 30.8. The highest BCUT2D eigenvalue weighted by molar-refractivity contribution is 7.20. The van der Waals surface area contributed by atoms with E-state index in [0.29, 0.717) is 6.54 Å². The maximum absolute atomic E-state index is 12.9. The topological polar surface area (TPSA) is 64.6 Å². The molecule has 0 radical (unpaired) electrons. The van der Waals surface area contributed by atoms with Crippen molar-refractivity contribution < 1.29 is 4.79 Å². The van der Waals surface area contributed by atoms with Gasteiger partial charge in [-0.3, -0.25) is 4.79 Å². The molecule has 0 bridgehead atoms. The lowest BCUT2D eigenvalue weighted by molar-refractivity contribution is 0.0953. The van der Waals surface area contributed by atoms with E-state index in [2.05, 4.69) is 44.0 Å². The van der Waals surface area contributed by atoms with E-state index in [9.17, 15) is 4.79 Å². The van der Waals surface area contributed by atoms with Gasteiger partial charge in [0.1, 0.15) is 17.0 Å². The molecule has 2 fully saturated rings. The molecule has 0 spiro atoms. The number of anilines is 1. The van der Waals surface area contributed by atoms with Crippen molar-refractivity contribution in [1.82, 2.24) is 25.1 Å². The number of carbonyl (C=O) groups excluding carboxylic acids is 1. The number of carbonyl (C=O) groups is 1. The molecule has 1 amide bonds. The second-order valence-corrected chi connectivity index (χ2v) is 9.88. The summed E-state index contributed by atoms with van der Waals surface area (Å²) in [7, 11) is 2.15. The molecule has 164 valence electrons. The first kappa shape index (κ1) is 21.5. The van der Waals surface area contributed by atoms with Crippen LogP contribution in [0, 0.1) is 12.8 Å². The van der Waals surface area contributed by atoms with Gasteiger partial charge in [-0.05, 0) is 57.8 Å². The molecule has 0 aliphatic carbocycles. The zero-order chi connectivity index (χ0) is 21.1. The van der Waals surface area contributed by atoms with Gasteiger partial charge < -0.3 is 20.0 Å². The number of aryl methyl sites for hydroxylation is 1. The summed E-state index contributed by atoms with van der Waals surface area (Å²) in [5.74, 6) is 1.79. The molecule has 0 unspecified atom stereocenters. The number of amides is 1. The van der Waals surface area contributed by atoms with Crippen molar-refractivity contribution in [2.24, 2.45) is 5.92 Å². The van der Waals surface area contributed by atoms with Gasteiger partial charge in [0.15, 0.2) is 0 Å². The Morgan fingerprint density at radius 2 is 2.03 bits per heavy atom. The minimum atomic E-state index is 0.0202. The molecule has 4 rings (SSSR count). The molecular weight excluding hydrogens is 396 g/mol. The van der Waals surface area contributed by atoms with Crippen molar-refractivity contribution in [3.63, 3.8) is 0 Å². The van der Waals surface area contributed by atoms with Crippen molar-refractivity contribution in [2.75, 3.05) is 64.3 Å². The lowest BCUT2D eigenvalue weighted by atomic mass is 10.0. The van der Waals surface area contributed by atoms with Gasteiger partial charge in [-0.1, -0.05) is 6.92 Å². The van der Waals surface area contributed by atoms with E-state index in [0.717, 1.165) is 71.5 Å². The molecule has 2 saturated heterocycles. The fourth-order valence-electron chi connectivity index (χ4n) is 4.60. The highest BCUT2D eigenvalue weighted by Crippen LogP contribution is 2.35. The van der Waals surface area contributed by atoms with Crippen LogP contribution in [0.15, 0.2) is 6.33 Å². The van der Waals surface area contributed by atoms with E-state index in [1.54, 1.807) is 6.33 Å². The number of likely N-dealkylation sites (tertiary alicyclic amines) is 1. The van der Waals surface area contributed by atoms with Gasteiger partial charge in [0, 0.05) is 39.3 Å². The zero-order valence-electron chi connectivity index (χ0n) is 18.5. The van der Waals surface area contributed by atoms with Crippen LogP contribution in [0.25, 0.3) is 10.2 Å². The summed E-state index contributed by atoms with van der Waals surface area (Å²) in [6.45, 7) is 12.5. The maximum atomic E-state index is 12.9. The van der Waals surface area contributed by atoms with Crippen LogP contribution in [-0.2, 0) is 0 Å². The zero-order valence-corrected chi connectivity index (χ0v) is 19.3. The van der Waals surface area contributed by atoms with Crippen LogP contribution >= 0.6 is 11.3 Å². The van der Waals surface area contributed by atoms with E-state index in [1.807, 2.05) is 6.92 Å². The molecule has 0 saturated carbocycles. The van der Waals surface area contributed by atoms with Crippen molar-refractivity contribution in [3.05, 3.63) is 16.8 Å². The minimum Gasteiger partial charge on any atom is -0.353 e. The maximum Gasteiger partial charge on any atom is 0.261 e. The average molecular weight is 431 g/mol. The summed E-state index contributed by atoms with van der Waals surface area (Å²) < 4.78 is 0. The molecule has 1 atom stereocenters. The van der Waals surface area contributed by atoms with Gasteiger partial charge in [0.25, 0.3) is 5.91 Å². The molecule has 4 heterocycles. The summed E-state index contributed by atoms with van der Waals surface area (Å²) in [5.41, 5.74) is 1.01. The Hall–Kier alpha value is -1.77. The SMILES string of the molecule is Cc1c(C(=O)NCCCN2CCC[C@H](C)C2)sc2ncnc(N3CCN(C)CC3)c12. The van der Waals surface area contributed by atoms with Crippen molar-refractivity contribution in [2.45, 2.75) is 33.1 Å². The van der Waals surface area contributed by atoms with Crippen molar-refractivity contribution in [3.8, 4) is 0 Å². The third kappa shape index (κ3) is 4.76. The van der Waals surface area contributed by atoms with Gasteiger partial charge in [-0.2, -0.15) is 0 Å². The number of thiophene rings is 1. The van der Waals surface area contributed by atoms with Gasteiger partial charge >= 0.3 is 0 Å². The van der Waals surface area contributed by atoms with Crippen LogP contribution in [0.5, 0.6) is 0 Å². The third-order valence-electron chi connectivity index (χ3n) is 6.39. The van der Waals surface area contributed by atoms with Crippen LogP contribution in [0.4, 0.5) is 5.82 Å². The standard InChI is InChI=1S/C22H34N6OS/c1-16-6-4-8-27(14-16)9-5-7-23-21(29)19-17(2)18-20(24-15-25-22(18)30-19)28-12-10-26(3)11-13-28/h15-16H,4-14H2,1-3H3,(H,23,29)/t16-/m0/s1.